The van der Waals surface area contributed by atoms with Gasteiger partial charge in [0.25, 0.3) is 0 Å². The van der Waals surface area contributed by atoms with Crippen molar-refractivity contribution in [2.24, 2.45) is 11.8 Å². The molecule has 0 aromatic carbocycles. The van der Waals surface area contributed by atoms with Gasteiger partial charge in [-0.25, -0.2) is 0 Å². The van der Waals surface area contributed by atoms with Crippen molar-refractivity contribution in [3.8, 4) is 0 Å². The molecule has 0 saturated heterocycles. The van der Waals surface area contributed by atoms with E-state index in [0.717, 1.165) is 24.4 Å². The molecule has 0 heterocycles. The Bertz CT molecular complexity index is 185. The minimum absolute atomic E-state index is 0.771. The monoisotopic (exact) mass is 244 g/mol. The van der Waals surface area contributed by atoms with Gasteiger partial charge >= 0.3 is 0 Å². The highest BCUT2D eigenvalue weighted by Crippen LogP contribution is 2.30. The van der Waals surface area contributed by atoms with Crippen LogP contribution in [0.25, 0.3) is 0 Å². The van der Waals surface area contributed by atoms with Crippen molar-refractivity contribution in [2.75, 3.05) is 38.7 Å². The Hall–Kier alpha value is 0.270. The third-order valence-corrected chi connectivity index (χ3v) is 4.14. The lowest BCUT2D eigenvalue weighted by atomic mass is 9.78. The van der Waals surface area contributed by atoms with Crippen molar-refractivity contribution in [3.05, 3.63) is 0 Å². The molecule has 0 spiro atoms. The Morgan fingerprint density at radius 3 is 2.62 bits per heavy atom. The van der Waals surface area contributed by atoms with Gasteiger partial charge < -0.3 is 10.2 Å². The molecule has 2 unspecified atom stereocenters. The van der Waals surface area contributed by atoms with Crippen LogP contribution in [-0.4, -0.2) is 49.6 Å². The number of hydrogen-bond acceptors (Lipinski definition) is 3. The molecule has 0 bridgehead atoms. The fourth-order valence-electron chi connectivity index (χ4n) is 2.33. The molecular formula is C13H28N2S. The molecule has 0 aromatic rings. The summed E-state index contributed by atoms with van der Waals surface area (Å²) >= 11 is 1.95. The van der Waals surface area contributed by atoms with Crippen molar-refractivity contribution in [1.82, 2.24) is 10.2 Å². The van der Waals surface area contributed by atoms with E-state index in [2.05, 4.69) is 37.4 Å². The van der Waals surface area contributed by atoms with Crippen molar-refractivity contribution in [1.29, 1.82) is 0 Å². The predicted molar refractivity (Wildman–Crippen MR) is 75.2 cm³/mol. The van der Waals surface area contributed by atoms with Crippen molar-refractivity contribution < 1.29 is 0 Å². The van der Waals surface area contributed by atoms with Gasteiger partial charge in [-0.15, -0.1) is 0 Å². The molecule has 1 fully saturated rings. The maximum Gasteiger partial charge on any atom is 0.0133 e. The molecule has 0 radical (unpaired) electrons. The van der Waals surface area contributed by atoms with E-state index < -0.39 is 0 Å². The van der Waals surface area contributed by atoms with Crippen LogP contribution in [0, 0.1) is 11.8 Å². The summed E-state index contributed by atoms with van der Waals surface area (Å²) in [5.41, 5.74) is 0. The smallest absolute Gasteiger partial charge is 0.0133 e. The van der Waals surface area contributed by atoms with Crippen molar-refractivity contribution in [3.63, 3.8) is 0 Å². The number of thioether (sulfide) groups is 1. The van der Waals surface area contributed by atoms with Gasteiger partial charge in [-0.3, -0.25) is 0 Å². The molecule has 0 aliphatic heterocycles. The molecule has 2 nitrogen and oxygen atoms in total. The molecular weight excluding hydrogens is 216 g/mol. The molecule has 1 saturated carbocycles. The summed E-state index contributed by atoms with van der Waals surface area (Å²) in [5.74, 6) is 2.93. The lowest BCUT2D eigenvalue weighted by molar-refractivity contribution is 0.0888. The highest BCUT2D eigenvalue weighted by atomic mass is 32.2. The number of nitrogens with one attached hydrogen (secondary N) is 1. The van der Waals surface area contributed by atoms with E-state index in [1.165, 1.54) is 31.7 Å². The number of rotatable bonds is 8. The fourth-order valence-corrected chi connectivity index (χ4v) is 2.80. The third-order valence-electron chi connectivity index (χ3n) is 3.55. The first-order valence-electron chi connectivity index (χ1n) is 6.55. The first kappa shape index (κ1) is 14.3. The first-order valence-corrected chi connectivity index (χ1v) is 7.94. The van der Waals surface area contributed by atoms with Gasteiger partial charge in [-0.2, -0.15) is 11.8 Å². The molecule has 16 heavy (non-hydrogen) atoms. The summed E-state index contributed by atoms with van der Waals surface area (Å²) in [6.45, 7) is 8.17. The SMILES string of the molecule is CSCCN(C)C1CCC1CNCC(C)C. The van der Waals surface area contributed by atoms with Crippen LogP contribution >= 0.6 is 11.8 Å². The van der Waals surface area contributed by atoms with Crippen LogP contribution in [0.3, 0.4) is 0 Å². The molecule has 0 aromatic heterocycles. The Kier molecular flexibility index (Phi) is 6.78. The van der Waals surface area contributed by atoms with Gasteiger partial charge in [0.05, 0.1) is 0 Å². The quantitative estimate of drug-likeness (QED) is 0.705. The molecule has 2 atom stereocenters. The second-order valence-corrected chi connectivity index (χ2v) is 6.42. The van der Waals surface area contributed by atoms with Gasteiger partial charge in [-0.1, -0.05) is 13.8 Å². The second-order valence-electron chi connectivity index (χ2n) is 5.43. The second kappa shape index (κ2) is 7.57. The predicted octanol–water partition coefficient (Wildman–Crippen LogP) is 2.31. The lowest BCUT2D eigenvalue weighted by Gasteiger charge is -2.43. The average Bonchev–Trinajstić information content (AvgIpc) is 2.19. The zero-order valence-electron chi connectivity index (χ0n) is 11.3. The summed E-state index contributed by atoms with van der Waals surface area (Å²) in [5, 5.41) is 3.60. The van der Waals surface area contributed by atoms with E-state index >= 15 is 0 Å². The van der Waals surface area contributed by atoms with E-state index in [1.807, 2.05) is 11.8 Å². The van der Waals surface area contributed by atoms with E-state index in [9.17, 15) is 0 Å². The largest absolute Gasteiger partial charge is 0.316 e. The van der Waals surface area contributed by atoms with Crippen molar-refractivity contribution >= 4 is 11.8 Å². The van der Waals surface area contributed by atoms with E-state index in [-0.39, 0.29) is 0 Å². The van der Waals surface area contributed by atoms with E-state index in [0.29, 0.717) is 0 Å². The Morgan fingerprint density at radius 1 is 1.38 bits per heavy atom. The lowest BCUT2D eigenvalue weighted by Crippen LogP contribution is -2.49. The number of nitrogens with zero attached hydrogens (tertiary/aromatic N) is 1. The van der Waals surface area contributed by atoms with Crippen LogP contribution in [0.5, 0.6) is 0 Å². The fraction of sp³-hybridized carbons (Fsp3) is 1.00. The molecule has 1 aliphatic rings. The first-order chi connectivity index (χ1) is 7.65. The van der Waals surface area contributed by atoms with Crippen LogP contribution in [-0.2, 0) is 0 Å². The average molecular weight is 244 g/mol. The van der Waals surface area contributed by atoms with Crippen LogP contribution in [0.4, 0.5) is 0 Å². The standard InChI is InChI=1S/C13H28N2S/c1-11(2)9-14-10-12-5-6-13(12)15(3)7-8-16-4/h11-14H,5-10H2,1-4H3. The zero-order valence-corrected chi connectivity index (χ0v) is 12.1. The summed E-state index contributed by atoms with van der Waals surface area (Å²) in [6.07, 6.45) is 5.01. The zero-order chi connectivity index (χ0) is 12.0. The van der Waals surface area contributed by atoms with Gasteiger partial charge in [0.1, 0.15) is 0 Å². The van der Waals surface area contributed by atoms with Gasteiger partial charge in [0.2, 0.25) is 0 Å². The molecule has 0 amide bonds. The minimum atomic E-state index is 0.771. The maximum absolute atomic E-state index is 3.60. The summed E-state index contributed by atoms with van der Waals surface area (Å²) < 4.78 is 0. The summed E-state index contributed by atoms with van der Waals surface area (Å²) in [4.78, 5) is 2.56. The Labute approximate surface area is 106 Å². The van der Waals surface area contributed by atoms with Gasteiger partial charge in [-0.05, 0) is 51.1 Å². The van der Waals surface area contributed by atoms with Crippen LogP contribution in [0.15, 0.2) is 0 Å². The van der Waals surface area contributed by atoms with E-state index in [4.69, 9.17) is 0 Å². The maximum atomic E-state index is 3.60. The normalized spacial score (nSPS) is 25.1. The summed E-state index contributed by atoms with van der Waals surface area (Å²) in [6, 6.07) is 0.840. The minimum Gasteiger partial charge on any atom is -0.316 e. The highest BCUT2D eigenvalue weighted by molar-refractivity contribution is 7.98. The third kappa shape index (κ3) is 4.64. The topological polar surface area (TPSA) is 15.3 Å². The van der Waals surface area contributed by atoms with Crippen LogP contribution in [0.2, 0.25) is 0 Å². The molecule has 96 valence electrons. The van der Waals surface area contributed by atoms with Gasteiger partial charge in [0, 0.05) is 18.3 Å². The molecule has 1 rings (SSSR count). The van der Waals surface area contributed by atoms with Gasteiger partial charge in [0.15, 0.2) is 0 Å². The van der Waals surface area contributed by atoms with Crippen LogP contribution < -0.4 is 5.32 Å². The molecule has 3 heteroatoms. The molecule has 1 N–H and O–H groups in total. The Balaban J connectivity index is 2.14. The van der Waals surface area contributed by atoms with Crippen LogP contribution in [0.1, 0.15) is 26.7 Å². The summed E-state index contributed by atoms with van der Waals surface area (Å²) in [7, 11) is 2.29. The van der Waals surface area contributed by atoms with E-state index in [1.54, 1.807) is 0 Å². The highest BCUT2D eigenvalue weighted by Gasteiger charge is 2.32. The molecule has 1 aliphatic carbocycles. The van der Waals surface area contributed by atoms with Crippen molar-refractivity contribution in [2.45, 2.75) is 32.7 Å². The Morgan fingerprint density at radius 2 is 2.12 bits per heavy atom. The number of hydrogen-bond donors (Lipinski definition) is 1.